The molecule has 0 spiro atoms. The number of fused-ring (bicyclic) bond motifs is 1. The number of hydrogen-bond donors (Lipinski definition) is 1. The molecule has 0 unspecified atom stereocenters. The number of anilines is 1. The predicted molar refractivity (Wildman–Crippen MR) is 115 cm³/mol. The number of pyridine rings is 2. The summed E-state index contributed by atoms with van der Waals surface area (Å²) < 4.78 is 5.27. The van der Waals surface area contributed by atoms with E-state index in [9.17, 15) is 4.79 Å². The lowest BCUT2D eigenvalue weighted by atomic mass is 10.00. The summed E-state index contributed by atoms with van der Waals surface area (Å²) in [4.78, 5) is 23.5. The second kappa shape index (κ2) is 7.79. The number of rotatable bonds is 6. The van der Waals surface area contributed by atoms with Gasteiger partial charge in [0.15, 0.2) is 0 Å². The van der Waals surface area contributed by atoms with E-state index >= 15 is 0 Å². The lowest BCUT2D eigenvalue weighted by Gasteiger charge is -2.15. The van der Waals surface area contributed by atoms with Crippen molar-refractivity contribution in [3.8, 4) is 17.3 Å². The Kier molecular flexibility index (Phi) is 5.20. The average Bonchev–Trinajstić information content (AvgIpc) is 3.52. The molecule has 1 aliphatic rings. The molecule has 0 atom stereocenters. The van der Waals surface area contributed by atoms with Gasteiger partial charge in [-0.3, -0.25) is 4.79 Å². The first-order valence-corrected chi connectivity index (χ1v) is 9.86. The molecule has 1 aliphatic carbocycles. The van der Waals surface area contributed by atoms with Crippen LogP contribution in [0.15, 0.2) is 36.4 Å². The molecule has 2 heterocycles. The molecule has 3 aromatic rings. The van der Waals surface area contributed by atoms with E-state index in [-0.39, 0.29) is 5.91 Å². The zero-order valence-electron chi connectivity index (χ0n) is 17.3. The molecule has 1 saturated carbocycles. The highest BCUT2D eigenvalue weighted by Crippen LogP contribution is 2.44. The highest BCUT2D eigenvalue weighted by Gasteiger charge is 2.27. The monoisotopic (exact) mass is 390 g/mol. The summed E-state index contributed by atoms with van der Waals surface area (Å²) in [5.41, 5.74) is 5.64. The number of nitrogens with one attached hydrogen (secondary N) is 1. The van der Waals surface area contributed by atoms with E-state index in [1.807, 2.05) is 50.2 Å². The molecule has 6 heteroatoms. The van der Waals surface area contributed by atoms with Crippen LogP contribution in [0.3, 0.4) is 0 Å². The number of carbonyl (C=O) groups excluding carboxylic acids is 1. The molecule has 6 nitrogen and oxygen atoms in total. The smallest absolute Gasteiger partial charge is 0.238 e. The molecule has 150 valence electrons. The molecule has 0 saturated heterocycles. The van der Waals surface area contributed by atoms with E-state index in [4.69, 9.17) is 9.72 Å². The maximum atomic E-state index is 12.3. The van der Waals surface area contributed by atoms with Gasteiger partial charge in [0.25, 0.3) is 0 Å². The van der Waals surface area contributed by atoms with Gasteiger partial charge in [0.05, 0.1) is 30.6 Å². The van der Waals surface area contributed by atoms with Crippen molar-refractivity contribution in [3.63, 3.8) is 0 Å². The Labute approximate surface area is 170 Å². The second-order valence-electron chi connectivity index (χ2n) is 7.91. The van der Waals surface area contributed by atoms with Gasteiger partial charge in [0.1, 0.15) is 0 Å². The number of carbonyl (C=O) groups is 1. The summed E-state index contributed by atoms with van der Waals surface area (Å²) in [7, 11) is 5.37. The van der Waals surface area contributed by atoms with Gasteiger partial charge in [-0.2, -0.15) is 0 Å². The van der Waals surface area contributed by atoms with Gasteiger partial charge < -0.3 is 15.0 Å². The fourth-order valence-electron chi connectivity index (χ4n) is 3.55. The van der Waals surface area contributed by atoms with Crippen molar-refractivity contribution in [3.05, 3.63) is 47.5 Å². The zero-order valence-corrected chi connectivity index (χ0v) is 17.3. The summed E-state index contributed by atoms with van der Waals surface area (Å²) >= 11 is 0. The molecule has 29 heavy (non-hydrogen) atoms. The predicted octanol–water partition coefficient (Wildman–Crippen LogP) is 3.99. The number of methoxy groups -OCH3 is 1. The maximum Gasteiger partial charge on any atom is 0.238 e. The molecular weight excluding hydrogens is 364 g/mol. The van der Waals surface area contributed by atoms with Crippen molar-refractivity contribution >= 4 is 22.5 Å². The topological polar surface area (TPSA) is 67.3 Å². The molecule has 0 bridgehead atoms. The number of likely N-dealkylation sites (N-methyl/N-ethyl adjacent to an activating group) is 1. The molecular formula is C23H26N4O2. The highest BCUT2D eigenvalue weighted by molar-refractivity contribution is 5.97. The van der Waals surface area contributed by atoms with E-state index in [0.717, 1.165) is 33.5 Å². The fraction of sp³-hybridized carbons (Fsp3) is 0.348. The number of ether oxygens (including phenoxy) is 1. The van der Waals surface area contributed by atoms with E-state index in [1.165, 1.54) is 18.4 Å². The summed E-state index contributed by atoms with van der Waals surface area (Å²) in [5.74, 6) is 1.10. The summed E-state index contributed by atoms with van der Waals surface area (Å²) in [6, 6.07) is 12.0. The molecule has 0 radical (unpaired) electrons. The molecule has 1 aromatic carbocycles. The Morgan fingerprint density at radius 2 is 1.97 bits per heavy atom. The van der Waals surface area contributed by atoms with Crippen molar-refractivity contribution in [2.75, 3.05) is 33.1 Å². The zero-order chi connectivity index (χ0) is 20.5. The first kappa shape index (κ1) is 19.3. The van der Waals surface area contributed by atoms with Crippen LogP contribution in [0.5, 0.6) is 5.88 Å². The van der Waals surface area contributed by atoms with E-state index < -0.39 is 0 Å². The van der Waals surface area contributed by atoms with E-state index in [0.29, 0.717) is 18.3 Å². The summed E-state index contributed by atoms with van der Waals surface area (Å²) in [6.07, 6.45) is 2.40. The Bertz CT molecular complexity index is 1070. The van der Waals surface area contributed by atoms with Crippen LogP contribution in [0.2, 0.25) is 0 Å². The first-order valence-electron chi connectivity index (χ1n) is 9.86. The summed E-state index contributed by atoms with van der Waals surface area (Å²) in [6.45, 7) is 2.37. The summed E-state index contributed by atoms with van der Waals surface area (Å²) in [5, 5.41) is 4.17. The molecule has 4 rings (SSSR count). The van der Waals surface area contributed by atoms with Crippen LogP contribution in [0.1, 0.15) is 29.9 Å². The second-order valence-corrected chi connectivity index (χ2v) is 7.91. The Morgan fingerprint density at radius 3 is 2.66 bits per heavy atom. The van der Waals surface area contributed by atoms with Crippen molar-refractivity contribution < 1.29 is 9.53 Å². The average molecular weight is 390 g/mol. The lowest BCUT2D eigenvalue weighted by Crippen LogP contribution is -2.27. The van der Waals surface area contributed by atoms with Gasteiger partial charge in [-0.15, -0.1) is 0 Å². The molecule has 1 N–H and O–H groups in total. The van der Waals surface area contributed by atoms with E-state index in [1.54, 1.807) is 7.11 Å². The number of benzene rings is 1. The van der Waals surface area contributed by atoms with Gasteiger partial charge in [-0.1, -0.05) is 6.07 Å². The van der Waals surface area contributed by atoms with Crippen molar-refractivity contribution in [1.82, 2.24) is 14.9 Å². The van der Waals surface area contributed by atoms with Crippen LogP contribution >= 0.6 is 0 Å². The van der Waals surface area contributed by atoms with Crippen LogP contribution < -0.4 is 10.1 Å². The van der Waals surface area contributed by atoms with Crippen LogP contribution in [-0.2, 0) is 4.79 Å². The Balaban J connectivity index is 1.80. The standard InChI is InChI=1S/C23H26N4O2/c1-14-10-17-16(15-8-9-15)11-21(18-6-5-7-23(26-18)29-4)24-20(17)12-19(14)25-22(28)13-27(2)3/h5-7,10-12,15H,8-9,13H2,1-4H3,(H,25,28). The third kappa shape index (κ3) is 4.22. The SMILES string of the molecule is COc1cccc(-c2cc(C3CC3)c3cc(C)c(NC(=O)CN(C)C)cc3n2)n1. The maximum absolute atomic E-state index is 12.3. The van der Waals surface area contributed by atoms with Gasteiger partial charge in [0.2, 0.25) is 11.8 Å². The number of hydrogen-bond acceptors (Lipinski definition) is 5. The molecule has 1 amide bonds. The van der Waals surface area contributed by atoms with Gasteiger partial charge in [-0.05, 0) is 75.2 Å². The molecule has 0 aliphatic heterocycles. The van der Waals surface area contributed by atoms with Gasteiger partial charge >= 0.3 is 0 Å². The number of aromatic nitrogens is 2. The third-order valence-corrected chi connectivity index (χ3v) is 5.13. The normalized spacial score (nSPS) is 13.7. The van der Waals surface area contributed by atoms with Gasteiger partial charge in [0, 0.05) is 17.1 Å². The van der Waals surface area contributed by atoms with Crippen LogP contribution in [0.4, 0.5) is 5.69 Å². The number of nitrogens with zero attached hydrogens (tertiary/aromatic N) is 3. The van der Waals surface area contributed by atoms with E-state index in [2.05, 4.69) is 22.4 Å². The fourth-order valence-corrected chi connectivity index (χ4v) is 3.55. The largest absolute Gasteiger partial charge is 0.481 e. The van der Waals surface area contributed by atoms with Crippen molar-refractivity contribution in [1.29, 1.82) is 0 Å². The minimum Gasteiger partial charge on any atom is -0.481 e. The lowest BCUT2D eigenvalue weighted by molar-refractivity contribution is -0.116. The van der Waals surface area contributed by atoms with Crippen LogP contribution in [-0.4, -0.2) is 48.5 Å². The Morgan fingerprint density at radius 1 is 1.17 bits per heavy atom. The Hall–Kier alpha value is -2.99. The molecule has 1 fully saturated rings. The van der Waals surface area contributed by atoms with Crippen LogP contribution in [0, 0.1) is 6.92 Å². The van der Waals surface area contributed by atoms with Crippen molar-refractivity contribution in [2.24, 2.45) is 0 Å². The highest BCUT2D eigenvalue weighted by atomic mass is 16.5. The first-order chi connectivity index (χ1) is 13.9. The molecule has 2 aromatic heterocycles. The number of aryl methyl sites for hydroxylation is 1. The van der Waals surface area contributed by atoms with Crippen molar-refractivity contribution in [2.45, 2.75) is 25.7 Å². The number of amides is 1. The van der Waals surface area contributed by atoms with Crippen LogP contribution in [0.25, 0.3) is 22.3 Å². The minimum absolute atomic E-state index is 0.0366. The third-order valence-electron chi connectivity index (χ3n) is 5.13. The van der Waals surface area contributed by atoms with Gasteiger partial charge in [-0.25, -0.2) is 9.97 Å². The quantitative estimate of drug-likeness (QED) is 0.689. The minimum atomic E-state index is -0.0366.